The van der Waals surface area contributed by atoms with Crippen molar-refractivity contribution in [3.63, 3.8) is 0 Å². The monoisotopic (exact) mass is 229 g/mol. The number of rotatable bonds is 7. The number of nitrogens with zero attached hydrogens (tertiary/aromatic N) is 2. The van der Waals surface area contributed by atoms with Crippen molar-refractivity contribution in [2.75, 3.05) is 52.9 Å². The SMILES string of the molecule is CCC(CCO)NCCN1CCN(C)CC1. The Bertz CT molecular complexity index is 170. The molecule has 2 N–H and O–H groups in total. The second kappa shape index (κ2) is 8.01. The summed E-state index contributed by atoms with van der Waals surface area (Å²) < 4.78 is 0. The van der Waals surface area contributed by atoms with Gasteiger partial charge in [0.05, 0.1) is 0 Å². The van der Waals surface area contributed by atoms with Crippen LogP contribution in [0, 0.1) is 0 Å². The summed E-state index contributed by atoms with van der Waals surface area (Å²) in [6, 6.07) is 0.484. The summed E-state index contributed by atoms with van der Waals surface area (Å²) in [7, 11) is 2.18. The van der Waals surface area contributed by atoms with E-state index in [0.717, 1.165) is 25.9 Å². The van der Waals surface area contributed by atoms with Crippen molar-refractivity contribution in [1.82, 2.24) is 15.1 Å². The van der Waals surface area contributed by atoms with E-state index in [2.05, 4.69) is 29.1 Å². The number of aliphatic hydroxyl groups is 1. The Morgan fingerprint density at radius 1 is 1.25 bits per heavy atom. The number of nitrogens with one attached hydrogen (secondary N) is 1. The van der Waals surface area contributed by atoms with Gasteiger partial charge in [-0.1, -0.05) is 6.92 Å². The van der Waals surface area contributed by atoms with Crippen LogP contribution in [0.25, 0.3) is 0 Å². The molecule has 96 valence electrons. The molecule has 4 nitrogen and oxygen atoms in total. The first kappa shape index (κ1) is 13.9. The first-order valence-corrected chi connectivity index (χ1v) is 6.51. The highest BCUT2D eigenvalue weighted by molar-refractivity contribution is 4.71. The molecule has 1 unspecified atom stereocenters. The zero-order valence-electron chi connectivity index (χ0n) is 10.8. The Labute approximate surface area is 99.6 Å². The van der Waals surface area contributed by atoms with Crippen LogP contribution in [0.4, 0.5) is 0 Å². The largest absolute Gasteiger partial charge is 0.396 e. The Hall–Kier alpha value is -0.160. The van der Waals surface area contributed by atoms with Crippen molar-refractivity contribution in [3.8, 4) is 0 Å². The molecule has 0 aromatic carbocycles. The van der Waals surface area contributed by atoms with Gasteiger partial charge in [-0.2, -0.15) is 0 Å². The van der Waals surface area contributed by atoms with Crippen LogP contribution in [0.15, 0.2) is 0 Å². The highest BCUT2D eigenvalue weighted by Crippen LogP contribution is 1.99. The summed E-state index contributed by atoms with van der Waals surface area (Å²) in [5.41, 5.74) is 0. The average Bonchev–Trinajstić information content (AvgIpc) is 2.30. The molecule has 0 aromatic rings. The third-order valence-corrected chi connectivity index (χ3v) is 3.43. The van der Waals surface area contributed by atoms with Gasteiger partial charge in [-0.3, -0.25) is 4.90 Å². The molecular formula is C12H27N3O. The number of aliphatic hydroxyl groups excluding tert-OH is 1. The zero-order valence-corrected chi connectivity index (χ0v) is 10.8. The van der Waals surface area contributed by atoms with Crippen LogP contribution >= 0.6 is 0 Å². The molecule has 0 amide bonds. The molecule has 1 fully saturated rings. The fraction of sp³-hybridized carbons (Fsp3) is 1.00. The summed E-state index contributed by atoms with van der Waals surface area (Å²) in [4.78, 5) is 4.89. The zero-order chi connectivity index (χ0) is 11.8. The van der Waals surface area contributed by atoms with E-state index in [4.69, 9.17) is 5.11 Å². The predicted molar refractivity (Wildman–Crippen MR) is 67.7 cm³/mol. The molecule has 1 atom stereocenters. The number of piperazine rings is 1. The van der Waals surface area contributed by atoms with Crippen LogP contribution < -0.4 is 5.32 Å². The van der Waals surface area contributed by atoms with Crippen molar-refractivity contribution >= 4 is 0 Å². The summed E-state index contributed by atoms with van der Waals surface area (Å²) >= 11 is 0. The van der Waals surface area contributed by atoms with Gasteiger partial charge in [0.1, 0.15) is 0 Å². The molecule has 4 heteroatoms. The molecular weight excluding hydrogens is 202 g/mol. The van der Waals surface area contributed by atoms with Crippen molar-refractivity contribution in [2.45, 2.75) is 25.8 Å². The van der Waals surface area contributed by atoms with Crippen LogP contribution in [0.3, 0.4) is 0 Å². The van der Waals surface area contributed by atoms with Gasteiger partial charge in [0.25, 0.3) is 0 Å². The van der Waals surface area contributed by atoms with Gasteiger partial charge in [0.2, 0.25) is 0 Å². The highest BCUT2D eigenvalue weighted by Gasteiger charge is 2.13. The normalized spacial score (nSPS) is 21.2. The van der Waals surface area contributed by atoms with Gasteiger partial charge >= 0.3 is 0 Å². The molecule has 16 heavy (non-hydrogen) atoms. The van der Waals surface area contributed by atoms with Crippen LogP contribution in [-0.4, -0.2) is 73.9 Å². The van der Waals surface area contributed by atoms with E-state index in [1.165, 1.54) is 26.2 Å². The molecule has 1 aliphatic heterocycles. The third kappa shape index (κ3) is 5.25. The lowest BCUT2D eigenvalue weighted by Crippen LogP contribution is -2.47. The van der Waals surface area contributed by atoms with Gasteiger partial charge in [0.15, 0.2) is 0 Å². The lowest BCUT2D eigenvalue weighted by molar-refractivity contribution is 0.152. The second-order valence-electron chi connectivity index (χ2n) is 4.72. The van der Waals surface area contributed by atoms with Gasteiger partial charge in [-0.25, -0.2) is 0 Å². The number of hydrogen-bond acceptors (Lipinski definition) is 4. The second-order valence-corrected chi connectivity index (χ2v) is 4.72. The molecule has 0 aliphatic carbocycles. The Morgan fingerprint density at radius 3 is 2.50 bits per heavy atom. The topological polar surface area (TPSA) is 38.7 Å². The molecule has 1 rings (SSSR count). The van der Waals surface area contributed by atoms with Crippen molar-refractivity contribution < 1.29 is 5.11 Å². The van der Waals surface area contributed by atoms with E-state index in [0.29, 0.717) is 12.6 Å². The van der Waals surface area contributed by atoms with E-state index in [-0.39, 0.29) is 0 Å². The van der Waals surface area contributed by atoms with Crippen molar-refractivity contribution in [1.29, 1.82) is 0 Å². The van der Waals surface area contributed by atoms with Crippen LogP contribution in [0.1, 0.15) is 19.8 Å². The van der Waals surface area contributed by atoms with Crippen molar-refractivity contribution in [3.05, 3.63) is 0 Å². The molecule has 1 heterocycles. The molecule has 0 bridgehead atoms. The first-order valence-electron chi connectivity index (χ1n) is 6.51. The summed E-state index contributed by atoms with van der Waals surface area (Å²) in [6.07, 6.45) is 1.97. The smallest absolute Gasteiger partial charge is 0.0445 e. The number of hydrogen-bond donors (Lipinski definition) is 2. The standard InChI is InChI=1S/C12H27N3O/c1-3-12(4-11-16)13-5-6-15-9-7-14(2)8-10-15/h12-13,16H,3-11H2,1-2H3. The minimum absolute atomic E-state index is 0.292. The first-order chi connectivity index (χ1) is 7.76. The average molecular weight is 229 g/mol. The molecule has 1 saturated heterocycles. The molecule has 0 radical (unpaired) electrons. The molecule has 0 saturated carbocycles. The fourth-order valence-electron chi connectivity index (χ4n) is 2.10. The van der Waals surface area contributed by atoms with E-state index in [9.17, 15) is 0 Å². The third-order valence-electron chi connectivity index (χ3n) is 3.43. The maximum absolute atomic E-state index is 8.89. The summed E-state index contributed by atoms with van der Waals surface area (Å²) in [6.45, 7) is 9.40. The Kier molecular flexibility index (Phi) is 6.96. The van der Waals surface area contributed by atoms with Crippen LogP contribution in [-0.2, 0) is 0 Å². The van der Waals surface area contributed by atoms with Gasteiger partial charge < -0.3 is 15.3 Å². The lowest BCUT2D eigenvalue weighted by atomic mass is 10.1. The number of likely N-dealkylation sites (N-methyl/N-ethyl adjacent to an activating group) is 1. The lowest BCUT2D eigenvalue weighted by Gasteiger charge is -2.32. The van der Waals surface area contributed by atoms with Crippen LogP contribution in [0.5, 0.6) is 0 Å². The summed E-state index contributed by atoms with van der Waals surface area (Å²) in [5.74, 6) is 0. The maximum Gasteiger partial charge on any atom is 0.0445 e. The predicted octanol–water partition coefficient (Wildman–Crippen LogP) is -0.0156. The minimum atomic E-state index is 0.292. The van der Waals surface area contributed by atoms with Gasteiger partial charge in [0, 0.05) is 51.9 Å². The molecule has 0 aromatic heterocycles. The van der Waals surface area contributed by atoms with E-state index in [1.807, 2.05) is 0 Å². The highest BCUT2D eigenvalue weighted by atomic mass is 16.3. The van der Waals surface area contributed by atoms with E-state index in [1.54, 1.807) is 0 Å². The summed E-state index contributed by atoms with van der Waals surface area (Å²) in [5, 5.41) is 12.4. The van der Waals surface area contributed by atoms with Gasteiger partial charge in [-0.05, 0) is 19.9 Å². The Balaban J connectivity index is 2.05. The van der Waals surface area contributed by atoms with Crippen molar-refractivity contribution in [2.24, 2.45) is 0 Å². The molecule has 1 aliphatic rings. The van der Waals surface area contributed by atoms with E-state index >= 15 is 0 Å². The fourth-order valence-corrected chi connectivity index (χ4v) is 2.10. The van der Waals surface area contributed by atoms with Crippen LogP contribution in [0.2, 0.25) is 0 Å². The Morgan fingerprint density at radius 2 is 1.94 bits per heavy atom. The maximum atomic E-state index is 8.89. The van der Waals surface area contributed by atoms with Gasteiger partial charge in [-0.15, -0.1) is 0 Å². The minimum Gasteiger partial charge on any atom is -0.396 e. The van der Waals surface area contributed by atoms with E-state index < -0.39 is 0 Å². The quantitative estimate of drug-likeness (QED) is 0.644. The molecule has 0 spiro atoms.